The highest BCUT2D eigenvalue weighted by Crippen LogP contribution is 2.17. The number of nitrogens with zero attached hydrogens (tertiary/aromatic N) is 1. The number of rotatable bonds is 7. The molecule has 0 aliphatic carbocycles. The van der Waals surface area contributed by atoms with Crippen LogP contribution in [0.1, 0.15) is 47.0 Å². The first kappa shape index (κ1) is 18.2. The monoisotopic (exact) mass is 299 g/mol. The van der Waals surface area contributed by atoms with Crippen molar-refractivity contribution in [1.82, 2.24) is 15.5 Å². The highest BCUT2D eigenvalue weighted by Gasteiger charge is 2.22. The quantitative estimate of drug-likeness (QED) is 0.672. The number of nitrogens with one attached hydrogen (secondary N) is 2. The average Bonchev–Trinajstić information content (AvgIpc) is 2.49. The third kappa shape index (κ3) is 6.66. The van der Waals surface area contributed by atoms with Crippen molar-refractivity contribution in [3.8, 4) is 0 Å². The summed E-state index contributed by atoms with van der Waals surface area (Å²) in [7, 11) is 0. The van der Waals surface area contributed by atoms with E-state index in [-0.39, 0.29) is 11.9 Å². The first-order chi connectivity index (χ1) is 9.93. The molecule has 0 aromatic carbocycles. The van der Waals surface area contributed by atoms with Gasteiger partial charge in [-0.25, -0.2) is 4.79 Å². The number of likely N-dealkylation sites (tertiary alicyclic amines) is 1. The summed E-state index contributed by atoms with van der Waals surface area (Å²) in [6.07, 6.45) is 2.84. The van der Waals surface area contributed by atoms with Crippen molar-refractivity contribution in [2.45, 2.75) is 59.1 Å². The molecule has 0 aromatic rings. The molecule has 1 fully saturated rings. The largest absolute Gasteiger partial charge is 0.391 e. The van der Waals surface area contributed by atoms with E-state index in [1.165, 1.54) is 19.4 Å². The maximum Gasteiger partial charge on any atom is 0.314 e. The smallest absolute Gasteiger partial charge is 0.314 e. The van der Waals surface area contributed by atoms with E-state index in [1.54, 1.807) is 0 Å². The molecule has 5 nitrogen and oxygen atoms in total. The standard InChI is InChI=1S/C16H33N3O2/c1-5-13(4)15(20)10-18-16(21)17-9-14-7-6-8-19(11-14)12(2)3/h12-15,20H,5-11H2,1-4H3,(H2,17,18,21). The summed E-state index contributed by atoms with van der Waals surface area (Å²) < 4.78 is 0. The molecule has 5 heteroatoms. The van der Waals surface area contributed by atoms with Gasteiger partial charge >= 0.3 is 6.03 Å². The van der Waals surface area contributed by atoms with Crippen LogP contribution in [-0.2, 0) is 0 Å². The van der Waals surface area contributed by atoms with Crippen LogP contribution in [0.15, 0.2) is 0 Å². The Morgan fingerprint density at radius 2 is 2.05 bits per heavy atom. The number of aliphatic hydroxyl groups excluding tert-OH is 1. The van der Waals surface area contributed by atoms with Crippen molar-refractivity contribution in [2.24, 2.45) is 11.8 Å². The Bertz CT molecular complexity index is 310. The van der Waals surface area contributed by atoms with Crippen molar-refractivity contribution in [3.05, 3.63) is 0 Å². The molecule has 1 saturated heterocycles. The van der Waals surface area contributed by atoms with Crippen LogP contribution in [0, 0.1) is 11.8 Å². The predicted molar refractivity (Wildman–Crippen MR) is 86.3 cm³/mol. The molecule has 1 rings (SSSR count). The molecule has 2 amide bonds. The molecular weight excluding hydrogens is 266 g/mol. The topological polar surface area (TPSA) is 64.6 Å². The summed E-state index contributed by atoms with van der Waals surface area (Å²) in [5, 5.41) is 15.5. The van der Waals surface area contributed by atoms with Gasteiger partial charge in [0.2, 0.25) is 0 Å². The van der Waals surface area contributed by atoms with Crippen molar-refractivity contribution in [3.63, 3.8) is 0 Å². The van der Waals surface area contributed by atoms with E-state index in [1.807, 2.05) is 13.8 Å². The molecule has 0 bridgehead atoms. The summed E-state index contributed by atoms with van der Waals surface area (Å²) in [5.74, 6) is 0.745. The molecular formula is C16H33N3O2. The zero-order valence-corrected chi connectivity index (χ0v) is 14.1. The minimum absolute atomic E-state index is 0.168. The molecule has 124 valence electrons. The molecule has 0 saturated carbocycles. The molecule has 1 aliphatic rings. The zero-order chi connectivity index (χ0) is 15.8. The summed E-state index contributed by atoms with van der Waals surface area (Å²) in [6.45, 7) is 11.7. The van der Waals surface area contributed by atoms with E-state index in [4.69, 9.17) is 0 Å². The normalized spacial score (nSPS) is 22.9. The van der Waals surface area contributed by atoms with Gasteiger partial charge in [-0.3, -0.25) is 0 Å². The number of carbonyl (C=O) groups is 1. The SMILES string of the molecule is CCC(C)C(O)CNC(=O)NCC1CCCN(C(C)C)C1. The van der Waals surface area contributed by atoms with Gasteiger partial charge in [-0.2, -0.15) is 0 Å². The van der Waals surface area contributed by atoms with E-state index in [0.29, 0.717) is 25.0 Å². The average molecular weight is 299 g/mol. The highest BCUT2D eigenvalue weighted by atomic mass is 16.3. The minimum Gasteiger partial charge on any atom is -0.391 e. The van der Waals surface area contributed by atoms with Crippen molar-refractivity contribution in [1.29, 1.82) is 0 Å². The van der Waals surface area contributed by atoms with Crippen molar-refractivity contribution in [2.75, 3.05) is 26.2 Å². The first-order valence-electron chi connectivity index (χ1n) is 8.37. The molecule has 3 unspecified atom stereocenters. The fourth-order valence-electron chi connectivity index (χ4n) is 2.70. The third-order valence-electron chi connectivity index (χ3n) is 4.60. The summed E-state index contributed by atoms with van der Waals surface area (Å²) in [5.41, 5.74) is 0. The summed E-state index contributed by atoms with van der Waals surface area (Å²) in [4.78, 5) is 14.2. The van der Waals surface area contributed by atoms with E-state index in [0.717, 1.165) is 13.0 Å². The van der Waals surface area contributed by atoms with Gasteiger partial charge in [0.25, 0.3) is 0 Å². The number of piperidine rings is 1. The fraction of sp³-hybridized carbons (Fsp3) is 0.938. The summed E-state index contributed by atoms with van der Waals surface area (Å²) >= 11 is 0. The van der Waals surface area contributed by atoms with Crippen LogP contribution in [0.2, 0.25) is 0 Å². The van der Waals surface area contributed by atoms with Crippen LogP contribution >= 0.6 is 0 Å². The van der Waals surface area contributed by atoms with Gasteiger partial charge in [-0.15, -0.1) is 0 Å². The molecule has 3 N–H and O–H groups in total. The second-order valence-corrected chi connectivity index (χ2v) is 6.64. The van der Waals surface area contributed by atoms with Crippen LogP contribution < -0.4 is 10.6 Å². The van der Waals surface area contributed by atoms with Crippen molar-refractivity contribution < 1.29 is 9.90 Å². The van der Waals surface area contributed by atoms with E-state index < -0.39 is 6.10 Å². The Labute approximate surface area is 129 Å². The van der Waals surface area contributed by atoms with Gasteiger partial charge in [0.05, 0.1) is 6.10 Å². The number of amides is 2. The summed E-state index contributed by atoms with van der Waals surface area (Å²) in [6, 6.07) is 0.409. The number of aliphatic hydroxyl groups is 1. The number of carbonyl (C=O) groups excluding carboxylic acids is 1. The lowest BCUT2D eigenvalue weighted by atomic mass is 9.97. The third-order valence-corrected chi connectivity index (χ3v) is 4.60. The van der Waals surface area contributed by atoms with Crippen LogP contribution in [0.3, 0.4) is 0 Å². The Morgan fingerprint density at radius 1 is 1.33 bits per heavy atom. The van der Waals surface area contributed by atoms with Crippen molar-refractivity contribution >= 4 is 6.03 Å². The molecule has 0 spiro atoms. The second-order valence-electron chi connectivity index (χ2n) is 6.64. The molecule has 1 heterocycles. The van der Waals surface area contributed by atoms with Gasteiger partial charge in [0.15, 0.2) is 0 Å². The van der Waals surface area contributed by atoms with Crippen LogP contribution in [0.4, 0.5) is 4.79 Å². The Hall–Kier alpha value is -0.810. The number of hydrogen-bond donors (Lipinski definition) is 3. The molecule has 21 heavy (non-hydrogen) atoms. The lowest BCUT2D eigenvalue weighted by molar-refractivity contribution is 0.114. The predicted octanol–water partition coefficient (Wildman–Crippen LogP) is 1.81. The molecule has 0 radical (unpaired) electrons. The van der Waals surface area contributed by atoms with Gasteiger partial charge in [-0.05, 0) is 45.1 Å². The Balaban J connectivity index is 2.20. The van der Waals surface area contributed by atoms with Crippen LogP contribution in [0.5, 0.6) is 0 Å². The lowest BCUT2D eigenvalue weighted by Gasteiger charge is -2.35. The second kappa shape index (κ2) is 9.26. The van der Waals surface area contributed by atoms with Gasteiger partial charge in [0, 0.05) is 25.7 Å². The van der Waals surface area contributed by atoms with E-state index >= 15 is 0 Å². The van der Waals surface area contributed by atoms with Crippen LogP contribution in [0.25, 0.3) is 0 Å². The van der Waals surface area contributed by atoms with E-state index in [2.05, 4.69) is 29.4 Å². The molecule has 1 aliphatic heterocycles. The fourth-order valence-corrected chi connectivity index (χ4v) is 2.70. The Kier molecular flexibility index (Phi) is 8.04. The van der Waals surface area contributed by atoms with Crippen LogP contribution in [-0.4, -0.2) is 54.4 Å². The Morgan fingerprint density at radius 3 is 2.67 bits per heavy atom. The maximum atomic E-state index is 11.8. The lowest BCUT2D eigenvalue weighted by Crippen LogP contribution is -2.46. The number of hydrogen-bond acceptors (Lipinski definition) is 3. The van der Waals surface area contributed by atoms with Gasteiger partial charge < -0.3 is 20.6 Å². The highest BCUT2D eigenvalue weighted by molar-refractivity contribution is 5.73. The minimum atomic E-state index is -0.466. The van der Waals surface area contributed by atoms with Gasteiger partial charge in [0.1, 0.15) is 0 Å². The van der Waals surface area contributed by atoms with Gasteiger partial charge in [-0.1, -0.05) is 20.3 Å². The first-order valence-corrected chi connectivity index (χ1v) is 8.37. The number of urea groups is 1. The maximum absolute atomic E-state index is 11.8. The zero-order valence-electron chi connectivity index (χ0n) is 14.1. The molecule has 0 aromatic heterocycles. The molecule has 3 atom stereocenters. The van der Waals surface area contributed by atoms with E-state index in [9.17, 15) is 9.90 Å².